The maximum Gasteiger partial charge on any atom is 0.200 e. The number of aliphatic carboxylic acids is 1. The summed E-state index contributed by atoms with van der Waals surface area (Å²) in [5.74, 6) is -12.6. The normalized spacial score (nSPS) is 11.8. The van der Waals surface area contributed by atoms with Gasteiger partial charge in [0.2, 0.25) is 5.82 Å². The van der Waals surface area contributed by atoms with Crippen LogP contribution in [0.1, 0.15) is 12.5 Å². The van der Waals surface area contributed by atoms with E-state index in [2.05, 4.69) is 0 Å². The van der Waals surface area contributed by atoms with Gasteiger partial charge in [0, 0.05) is 0 Å². The van der Waals surface area contributed by atoms with E-state index in [1.807, 2.05) is 0 Å². The number of rotatable bonds is 2. The Morgan fingerprint density at radius 2 is 1.29 bits per heavy atom. The molecule has 0 radical (unpaired) electrons. The van der Waals surface area contributed by atoms with Crippen molar-refractivity contribution in [3.8, 4) is 0 Å². The number of hydrogen-bond donors (Lipinski definition) is 0. The Morgan fingerprint density at radius 1 is 0.941 bits per heavy atom. The van der Waals surface area contributed by atoms with E-state index in [4.69, 9.17) is 0 Å². The standard InChI is InChI=1S/C10H5F5O2/c1-3(10(16)17)2-4-5(11)7(13)9(15)8(14)6(4)12/h2H,1H3,(H,16,17)/p-1. The van der Waals surface area contributed by atoms with Gasteiger partial charge < -0.3 is 9.90 Å². The van der Waals surface area contributed by atoms with Crippen molar-refractivity contribution in [3.05, 3.63) is 40.2 Å². The predicted octanol–water partition coefficient (Wildman–Crippen LogP) is 1.54. The van der Waals surface area contributed by atoms with Crippen LogP contribution in [0, 0.1) is 29.1 Å². The van der Waals surface area contributed by atoms with Crippen molar-refractivity contribution in [1.29, 1.82) is 0 Å². The lowest BCUT2D eigenvalue weighted by atomic mass is 10.1. The lowest BCUT2D eigenvalue weighted by Gasteiger charge is -2.06. The minimum absolute atomic E-state index is 0.311. The van der Waals surface area contributed by atoms with E-state index in [0.717, 1.165) is 6.92 Å². The Bertz CT molecular complexity index is 493. The first kappa shape index (κ1) is 13.1. The molecule has 0 N–H and O–H groups in total. The van der Waals surface area contributed by atoms with Crippen molar-refractivity contribution < 1.29 is 31.9 Å². The fraction of sp³-hybridized carbons (Fsp3) is 0.100. The highest BCUT2D eigenvalue weighted by atomic mass is 19.2. The number of halogens is 5. The quantitative estimate of drug-likeness (QED) is 0.346. The minimum atomic E-state index is -2.30. The van der Waals surface area contributed by atoms with Crippen molar-refractivity contribution in [2.24, 2.45) is 0 Å². The lowest BCUT2D eigenvalue weighted by Crippen LogP contribution is -2.23. The van der Waals surface area contributed by atoms with E-state index in [1.165, 1.54) is 0 Å². The molecule has 0 aliphatic carbocycles. The van der Waals surface area contributed by atoms with Gasteiger partial charge in [-0.15, -0.1) is 0 Å². The topological polar surface area (TPSA) is 40.1 Å². The lowest BCUT2D eigenvalue weighted by molar-refractivity contribution is -0.299. The summed E-state index contributed by atoms with van der Waals surface area (Å²) in [4.78, 5) is 10.3. The second-order valence-corrected chi connectivity index (χ2v) is 3.10. The van der Waals surface area contributed by atoms with Gasteiger partial charge in [-0.2, -0.15) is 0 Å². The summed E-state index contributed by atoms with van der Waals surface area (Å²) in [7, 11) is 0. The third-order valence-electron chi connectivity index (χ3n) is 1.93. The average Bonchev–Trinajstić information content (AvgIpc) is 2.29. The minimum Gasteiger partial charge on any atom is -0.545 e. The van der Waals surface area contributed by atoms with Gasteiger partial charge in [-0.25, -0.2) is 22.0 Å². The van der Waals surface area contributed by atoms with Crippen LogP contribution in [0.3, 0.4) is 0 Å². The van der Waals surface area contributed by atoms with Gasteiger partial charge in [0.05, 0.1) is 11.5 Å². The molecular formula is C10H4F5O2-. The average molecular weight is 251 g/mol. The van der Waals surface area contributed by atoms with Crippen LogP contribution in [0.25, 0.3) is 6.08 Å². The summed E-state index contributed by atoms with van der Waals surface area (Å²) in [5, 5.41) is 10.3. The molecule has 0 spiro atoms. The molecule has 0 heterocycles. The Balaban J connectivity index is 3.56. The molecule has 0 amide bonds. The van der Waals surface area contributed by atoms with E-state index in [1.54, 1.807) is 0 Å². The highest BCUT2D eigenvalue weighted by Crippen LogP contribution is 2.24. The largest absolute Gasteiger partial charge is 0.545 e. The second-order valence-electron chi connectivity index (χ2n) is 3.10. The molecule has 0 unspecified atom stereocenters. The van der Waals surface area contributed by atoms with Gasteiger partial charge >= 0.3 is 0 Å². The molecule has 17 heavy (non-hydrogen) atoms. The molecule has 7 heteroatoms. The Hall–Kier alpha value is -1.92. The molecule has 0 aliphatic heterocycles. The molecule has 0 fully saturated rings. The molecule has 0 saturated carbocycles. The summed E-state index contributed by atoms with van der Waals surface area (Å²) in [6.07, 6.45) is 0.311. The van der Waals surface area contributed by atoms with Crippen molar-refractivity contribution in [2.75, 3.05) is 0 Å². The Kier molecular flexibility index (Phi) is 3.50. The van der Waals surface area contributed by atoms with Crippen LogP contribution < -0.4 is 5.11 Å². The van der Waals surface area contributed by atoms with Crippen molar-refractivity contribution in [1.82, 2.24) is 0 Å². The van der Waals surface area contributed by atoms with Crippen LogP contribution in [0.5, 0.6) is 0 Å². The van der Waals surface area contributed by atoms with E-state index >= 15 is 0 Å². The molecule has 1 rings (SSSR count). The van der Waals surface area contributed by atoms with Gasteiger partial charge in [-0.3, -0.25) is 0 Å². The molecule has 0 atom stereocenters. The van der Waals surface area contributed by atoms with E-state index < -0.39 is 46.2 Å². The van der Waals surface area contributed by atoms with Crippen LogP contribution >= 0.6 is 0 Å². The van der Waals surface area contributed by atoms with E-state index in [0.29, 0.717) is 6.08 Å². The summed E-state index contributed by atoms with van der Waals surface area (Å²) < 4.78 is 64.1. The Morgan fingerprint density at radius 3 is 1.65 bits per heavy atom. The molecule has 0 bridgehead atoms. The van der Waals surface area contributed by atoms with Crippen LogP contribution in [0.4, 0.5) is 22.0 Å². The molecular weight excluding hydrogens is 247 g/mol. The number of carboxylic acid groups (broad SMARTS) is 1. The summed E-state index contributed by atoms with van der Waals surface area (Å²) >= 11 is 0. The van der Waals surface area contributed by atoms with E-state index in [-0.39, 0.29) is 0 Å². The van der Waals surface area contributed by atoms with E-state index in [9.17, 15) is 31.9 Å². The molecule has 0 saturated heterocycles. The first-order valence-electron chi connectivity index (χ1n) is 4.18. The molecule has 0 aromatic heterocycles. The smallest absolute Gasteiger partial charge is 0.200 e. The predicted molar refractivity (Wildman–Crippen MR) is 44.9 cm³/mol. The first-order chi connectivity index (χ1) is 7.77. The number of carbonyl (C=O) groups excluding carboxylic acids is 1. The first-order valence-corrected chi connectivity index (χ1v) is 4.18. The fourth-order valence-electron chi connectivity index (χ4n) is 1.02. The van der Waals surface area contributed by atoms with Gasteiger partial charge in [0.25, 0.3) is 0 Å². The van der Waals surface area contributed by atoms with Gasteiger partial charge in [0.15, 0.2) is 23.3 Å². The number of benzene rings is 1. The monoisotopic (exact) mass is 251 g/mol. The molecule has 1 aromatic rings. The number of carbonyl (C=O) groups is 1. The molecule has 92 valence electrons. The molecule has 1 aromatic carbocycles. The highest BCUT2D eigenvalue weighted by Gasteiger charge is 2.24. The summed E-state index contributed by atoms with van der Waals surface area (Å²) in [6.45, 7) is 0.896. The maximum absolute atomic E-state index is 13.0. The highest BCUT2D eigenvalue weighted by molar-refractivity contribution is 5.89. The SMILES string of the molecule is CC(=Cc1c(F)c(F)c(F)c(F)c1F)C(=O)[O-]. The summed E-state index contributed by atoms with van der Waals surface area (Å²) in [6, 6.07) is 0. The van der Waals surface area contributed by atoms with Crippen LogP contribution in [-0.2, 0) is 4.79 Å². The number of hydrogen-bond acceptors (Lipinski definition) is 2. The Labute approximate surface area is 92.0 Å². The third-order valence-corrected chi connectivity index (χ3v) is 1.93. The van der Waals surface area contributed by atoms with Crippen LogP contribution in [-0.4, -0.2) is 5.97 Å². The van der Waals surface area contributed by atoms with Gasteiger partial charge in [0.1, 0.15) is 0 Å². The van der Waals surface area contributed by atoms with Gasteiger partial charge in [-0.05, 0) is 18.6 Å². The van der Waals surface area contributed by atoms with Crippen LogP contribution in [0.15, 0.2) is 5.57 Å². The van der Waals surface area contributed by atoms with Gasteiger partial charge in [-0.1, -0.05) is 0 Å². The zero-order valence-corrected chi connectivity index (χ0v) is 8.28. The van der Waals surface area contributed by atoms with Crippen molar-refractivity contribution >= 4 is 12.0 Å². The summed E-state index contributed by atoms with van der Waals surface area (Å²) in [5.41, 5.74) is -1.99. The fourth-order valence-corrected chi connectivity index (χ4v) is 1.02. The van der Waals surface area contributed by atoms with Crippen molar-refractivity contribution in [3.63, 3.8) is 0 Å². The number of carboxylic acids is 1. The zero-order valence-electron chi connectivity index (χ0n) is 8.28. The molecule has 2 nitrogen and oxygen atoms in total. The zero-order chi connectivity index (χ0) is 13.3. The maximum atomic E-state index is 13.0. The molecule has 0 aliphatic rings. The second kappa shape index (κ2) is 4.52. The van der Waals surface area contributed by atoms with Crippen molar-refractivity contribution in [2.45, 2.75) is 6.92 Å². The van der Waals surface area contributed by atoms with Crippen LogP contribution in [0.2, 0.25) is 0 Å². The third kappa shape index (κ3) is 2.27.